The van der Waals surface area contributed by atoms with Crippen molar-refractivity contribution >= 4 is 17.7 Å². The fourth-order valence-electron chi connectivity index (χ4n) is 2.98. The van der Waals surface area contributed by atoms with Crippen LogP contribution in [0, 0.1) is 17.8 Å². The monoisotopic (exact) mass is 361 g/mol. The lowest BCUT2D eigenvalue weighted by atomic mass is 10.0. The summed E-state index contributed by atoms with van der Waals surface area (Å²) in [5, 5.41) is 0. The third-order valence-electron chi connectivity index (χ3n) is 4.69. The topological polar surface area (TPSA) is 63.7 Å². The van der Waals surface area contributed by atoms with Crippen LogP contribution in [0.15, 0.2) is 12.2 Å². The Kier molecular flexibility index (Phi) is 10.4. The van der Waals surface area contributed by atoms with Gasteiger partial charge in [-0.15, -0.1) is 11.8 Å². The number of amides is 1. The number of rotatable bonds is 11. The summed E-state index contributed by atoms with van der Waals surface area (Å²) in [6, 6.07) is 0.0194. The molecule has 0 radical (unpaired) electrons. The van der Waals surface area contributed by atoms with Gasteiger partial charge in [-0.1, -0.05) is 25.8 Å². The van der Waals surface area contributed by atoms with Gasteiger partial charge in [-0.05, 0) is 32.3 Å². The highest BCUT2D eigenvalue weighted by Crippen LogP contribution is 2.21. The number of nitrogens with zero attached hydrogens (tertiary/aromatic N) is 1. The normalized spacial score (nSPS) is 17.9. The molecule has 0 bridgehead atoms. The van der Waals surface area contributed by atoms with E-state index in [2.05, 4.69) is 16.6 Å². The van der Waals surface area contributed by atoms with Gasteiger partial charge in [0, 0.05) is 31.7 Å². The molecule has 0 aromatic rings. The Morgan fingerprint density at radius 1 is 1.31 bits per heavy atom. The molecular formula is C21H31NO4. The van der Waals surface area contributed by atoms with Crippen molar-refractivity contribution in [1.82, 2.24) is 4.90 Å². The molecule has 1 aliphatic heterocycles. The Labute approximate surface area is 157 Å². The number of methoxy groups -OCH3 is 1. The molecule has 0 aliphatic carbocycles. The maximum Gasteiger partial charge on any atom is 0.305 e. The van der Waals surface area contributed by atoms with E-state index in [9.17, 15) is 14.4 Å². The number of carbonyl (C=O) groups excluding carboxylic acids is 3. The third kappa shape index (κ3) is 7.86. The van der Waals surface area contributed by atoms with Gasteiger partial charge >= 0.3 is 5.97 Å². The van der Waals surface area contributed by atoms with E-state index in [-0.39, 0.29) is 29.6 Å². The maximum absolute atomic E-state index is 12.1. The van der Waals surface area contributed by atoms with Gasteiger partial charge in [0.05, 0.1) is 13.2 Å². The Bertz CT molecular complexity index is 570. The van der Waals surface area contributed by atoms with Crippen LogP contribution in [0.25, 0.3) is 0 Å². The molecule has 1 amide bonds. The van der Waals surface area contributed by atoms with Crippen molar-refractivity contribution in [2.45, 2.75) is 71.3 Å². The van der Waals surface area contributed by atoms with Crippen LogP contribution in [-0.4, -0.2) is 42.3 Å². The van der Waals surface area contributed by atoms with Crippen LogP contribution in [0.4, 0.5) is 0 Å². The molecule has 5 nitrogen and oxygen atoms in total. The molecule has 0 saturated carbocycles. The van der Waals surface area contributed by atoms with Crippen molar-refractivity contribution in [3.8, 4) is 11.8 Å². The van der Waals surface area contributed by atoms with Crippen molar-refractivity contribution in [2.24, 2.45) is 5.92 Å². The second-order valence-electron chi connectivity index (χ2n) is 6.73. The summed E-state index contributed by atoms with van der Waals surface area (Å²) < 4.78 is 4.62. The van der Waals surface area contributed by atoms with Crippen LogP contribution in [0.1, 0.15) is 65.2 Å². The summed E-state index contributed by atoms with van der Waals surface area (Å²) >= 11 is 0. The summed E-state index contributed by atoms with van der Waals surface area (Å²) in [4.78, 5) is 37.1. The van der Waals surface area contributed by atoms with Gasteiger partial charge in [-0.3, -0.25) is 14.4 Å². The van der Waals surface area contributed by atoms with Crippen LogP contribution in [0.2, 0.25) is 0 Å². The van der Waals surface area contributed by atoms with Gasteiger partial charge in [0.1, 0.15) is 0 Å². The molecular weight excluding hydrogens is 330 g/mol. The zero-order valence-corrected chi connectivity index (χ0v) is 16.3. The number of carbonyl (C=O) groups is 3. The quantitative estimate of drug-likeness (QED) is 0.245. The van der Waals surface area contributed by atoms with E-state index < -0.39 is 0 Å². The SMILES string of the molecule is CC#CCC(C)C(=O)/C=C/C1CCC(=O)N1CCCCCCC(=O)OC. The van der Waals surface area contributed by atoms with E-state index in [0.29, 0.717) is 25.8 Å². The van der Waals surface area contributed by atoms with E-state index >= 15 is 0 Å². The summed E-state index contributed by atoms with van der Waals surface area (Å²) in [5.41, 5.74) is 0. The molecule has 1 rings (SSSR count). The number of hydrogen-bond acceptors (Lipinski definition) is 4. The van der Waals surface area contributed by atoms with E-state index in [1.807, 2.05) is 17.9 Å². The molecule has 0 aromatic heterocycles. The molecule has 2 atom stereocenters. The molecule has 5 heteroatoms. The van der Waals surface area contributed by atoms with E-state index in [4.69, 9.17) is 0 Å². The van der Waals surface area contributed by atoms with Crippen molar-refractivity contribution in [1.29, 1.82) is 0 Å². The van der Waals surface area contributed by atoms with Crippen LogP contribution in [0.5, 0.6) is 0 Å². The van der Waals surface area contributed by atoms with Crippen LogP contribution in [0.3, 0.4) is 0 Å². The minimum Gasteiger partial charge on any atom is -0.469 e. The van der Waals surface area contributed by atoms with E-state index in [1.54, 1.807) is 13.0 Å². The summed E-state index contributed by atoms with van der Waals surface area (Å²) in [7, 11) is 1.40. The second kappa shape index (κ2) is 12.3. The molecule has 1 aliphatic rings. The molecule has 2 unspecified atom stereocenters. The predicted molar refractivity (Wildman–Crippen MR) is 101 cm³/mol. The lowest BCUT2D eigenvalue weighted by Crippen LogP contribution is -2.32. The Morgan fingerprint density at radius 3 is 2.73 bits per heavy atom. The van der Waals surface area contributed by atoms with Crippen molar-refractivity contribution < 1.29 is 19.1 Å². The Morgan fingerprint density at radius 2 is 2.04 bits per heavy atom. The van der Waals surface area contributed by atoms with Gasteiger partial charge in [-0.2, -0.15) is 0 Å². The molecule has 1 heterocycles. The number of likely N-dealkylation sites (tertiary alicyclic amines) is 1. The first-order chi connectivity index (χ1) is 12.5. The van der Waals surface area contributed by atoms with Crippen molar-refractivity contribution in [3.63, 3.8) is 0 Å². The van der Waals surface area contributed by atoms with Gasteiger partial charge in [0.2, 0.25) is 5.91 Å². The molecule has 26 heavy (non-hydrogen) atoms. The zero-order chi connectivity index (χ0) is 19.4. The van der Waals surface area contributed by atoms with Crippen LogP contribution >= 0.6 is 0 Å². The minimum absolute atomic E-state index is 0.0194. The molecule has 0 spiro atoms. The lowest BCUT2D eigenvalue weighted by molar-refractivity contribution is -0.140. The summed E-state index contributed by atoms with van der Waals surface area (Å²) in [6.07, 6.45) is 9.48. The molecule has 0 N–H and O–H groups in total. The van der Waals surface area contributed by atoms with Gasteiger partial charge in [0.15, 0.2) is 5.78 Å². The van der Waals surface area contributed by atoms with E-state index in [0.717, 1.165) is 32.1 Å². The Hall–Kier alpha value is -2.09. The second-order valence-corrected chi connectivity index (χ2v) is 6.73. The first-order valence-corrected chi connectivity index (χ1v) is 9.47. The lowest BCUT2D eigenvalue weighted by Gasteiger charge is -2.22. The number of esters is 1. The highest BCUT2D eigenvalue weighted by Gasteiger charge is 2.28. The number of allylic oxidation sites excluding steroid dienone is 1. The maximum atomic E-state index is 12.1. The molecule has 0 aromatic carbocycles. The number of ether oxygens (including phenoxy) is 1. The summed E-state index contributed by atoms with van der Waals surface area (Å²) in [5.74, 6) is 5.67. The highest BCUT2D eigenvalue weighted by molar-refractivity contribution is 5.92. The van der Waals surface area contributed by atoms with Gasteiger partial charge in [0.25, 0.3) is 0 Å². The standard InChI is InChI=1S/C21H31NO4/c1-4-5-10-17(2)19(23)14-12-18-13-15-20(24)22(18)16-9-7-6-8-11-21(25)26-3/h12,14,17-18H,6-11,13,15-16H2,1-3H3/b14-12+. The smallest absolute Gasteiger partial charge is 0.305 e. The fraction of sp³-hybridized carbons (Fsp3) is 0.667. The average molecular weight is 361 g/mol. The average Bonchev–Trinajstić information content (AvgIpc) is 2.99. The van der Waals surface area contributed by atoms with Gasteiger partial charge < -0.3 is 9.64 Å². The molecule has 1 saturated heterocycles. The third-order valence-corrected chi connectivity index (χ3v) is 4.69. The Balaban J connectivity index is 2.38. The number of unbranched alkanes of at least 4 members (excludes halogenated alkanes) is 3. The zero-order valence-electron chi connectivity index (χ0n) is 16.3. The number of ketones is 1. The van der Waals surface area contributed by atoms with Crippen LogP contribution in [-0.2, 0) is 19.1 Å². The predicted octanol–water partition coefficient (Wildman–Crippen LogP) is 3.28. The molecule has 144 valence electrons. The summed E-state index contributed by atoms with van der Waals surface area (Å²) in [6.45, 7) is 4.35. The minimum atomic E-state index is -0.172. The number of hydrogen-bond donors (Lipinski definition) is 0. The largest absolute Gasteiger partial charge is 0.469 e. The van der Waals surface area contributed by atoms with Crippen molar-refractivity contribution in [3.05, 3.63) is 12.2 Å². The first-order valence-electron chi connectivity index (χ1n) is 9.47. The van der Waals surface area contributed by atoms with Crippen molar-refractivity contribution in [2.75, 3.05) is 13.7 Å². The van der Waals surface area contributed by atoms with Gasteiger partial charge in [-0.25, -0.2) is 0 Å². The molecule has 1 fully saturated rings. The van der Waals surface area contributed by atoms with E-state index in [1.165, 1.54) is 7.11 Å². The van der Waals surface area contributed by atoms with Crippen LogP contribution < -0.4 is 0 Å². The first kappa shape index (κ1) is 22.0. The highest BCUT2D eigenvalue weighted by atomic mass is 16.5. The fourth-order valence-corrected chi connectivity index (χ4v) is 2.98.